The van der Waals surface area contributed by atoms with Crippen LogP contribution < -0.4 is 0 Å². The van der Waals surface area contributed by atoms with Crippen molar-refractivity contribution in [1.29, 1.82) is 0 Å². The third-order valence-electron chi connectivity index (χ3n) is 2.35. The fraction of sp³-hybridized carbons (Fsp3) is 0.462. The van der Waals surface area contributed by atoms with Crippen LogP contribution in [0, 0.1) is 0 Å². The number of hydrogen-bond acceptors (Lipinski definition) is 3. The largest absolute Gasteiger partial charge is 0.377 e. The molecule has 0 spiro atoms. The van der Waals surface area contributed by atoms with Crippen molar-refractivity contribution in [2.24, 2.45) is 0 Å². The summed E-state index contributed by atoms with van der Waals surface area (Å²) in [6.07, 6.45) is 0.865. The molecule has 3 nitrogen and oxygen atoms in total. The van der Waals surface area contributed by atoms with Crippen molar-refractivity contribution in [3.8, 4) is 0 Å². The zero-order chi connectivity index (χ0) is 11.8. The molecule has 0 aliphatic carbocycles. The molecule has 3 heteroatoms. The van der Waals surface area contributed by atoms with E-state index in [0.717, 1.165) is 17.4 Å². The van der Waals surface area contributed by atoms with E-state index in [1.807, 2.05) is 26.0 Å². The van der Waals surface area contributed by atoms with Gasteiger partial charge in [-0.3, -0.25) is 4.79 Å². The van der Waals surface area contributed by atoms with Gasteiger partial charge in [-0.2, -0.15) is 0 Å². The van der Waals surface area contributed by atoms with Crippen molar-refractivity contribution in [1.82, 2.24) is 0 Å². The molecular formula is C13H18O3. The van der Waals surface area contributed by atoms with Crippen molar-refractivity contribution in [3.63, 3.8) is 0 Å². The van der Waals surface area contributed by atoms with Gasteiger partial charge in [0, 0.05) is 18.8 Å². The fourth-order valence-corrected chi connectivity index (χ4v) is 1.49. The maximum absolute atomic E-state index is 10.9. The molecule has 0 saturated carbocycles. The standard InChI is InChI=1S/C13H18O3/c1-3-15-9-12-7-5-6-11(8-14)13(12)10-16-4-2/h5-8H,3-4,9-10H2,1-2H3. The van der Waals surface area contributed by atoms with Gasteiger partial charge in [0.15, 0.2) is 0 Å². The molecule has 88 valence electrons. The average molecular weight is 222 g/mol. The second-order valence-electron chi connectivity index (χ2n) is 3.38. The normalized spacial score (nSPS) is 10.4. The Bertz CT molecular complexity index is 334. The molecule has 1 aromatic rings. The van der Waals surface area contributed by atoms with Crippen LogP contribution in [0.4, 0.5) is 0 Å². The molecule has 0 fully saturated rings. The van der Waals surface area contributed by atoms with Crippen molar-refractivity contribution in [2.75, 3.05) is 13.2 Å². The Hall–Kier alpha value is -1.19. The van der Waals surface area contributed by atoms with Gasteiger partial charge in [-0.05, 0) is 25.0 Å². The number of carbonyl (C=O) groups is 1. The van der Waals surface area contributed by atoms with Crippen LogP contribution in [-0.4, -0.2) is 19.5 Å². The average Bonchev–Trinajstić information content (AvgIpc) is 2.33. The van der Waals surface area contributed by atoms with E-state index >= 15 is 0 Å². The maximum atomic E-state index is 10.9. The molecule has 16 heavy (non-hydrogen) atoms. The summed E-state index contributed by atoms with van der Waals surface area (Å²) in [5, 5.41) is 0. The Morgan fingerprint density at radius 1 is 1.12 bits per heavy atom. The van der Waals surface area contributed by atoms with Crippen LogP contribution in [0.2, 0.25) is 0 Å². The summed E-state index contributed by atoms with van der Waals surface area (Å²) >= 11 is 0. The topological polar surface area (TPSA) is 35.5 Å². The van der Waals surface area contributed by atoms with Gasteiger partial charge in [-0.15, -0.1) is 0 Å². The monoisotopic (exact) mass is 222 g/mol. The van der Waals surface area contributed by atoms with Crippen molar-refractivity contribution in [3.05, 3.63) is 34.9 Å². The quantitative estimate of drug-likeness (QED) is 0.665. The number of hydrogen-bond donors (Lipinski definition) is 0. The van der Waals surface area contributed by atoms with Gasteiger partial charge in [0.1, 0.15) is 6.29 Å². The molecule has 0 aliphatic rings. The number of aldehydes is 1. The third kappa shape index (κ3) is 3.43. The van der Waals surface area contributed by atoms with E-state index in [2.05, 4.69) is 0 Å². The summed E-state index contributed by atoms with van der Waals surface area (Å²) in [6, 6.07) is 5.64. The summed E-state index contributed by atoms with van der Waals surface area (Å²) in [5.41, 5.74) is 2.65. The minimum Gasteiger partial charge on any atom is -0.377 e. The van der Waals surface area contributed by atoms with Gasteiger partial charge in [-0.1, -0.05) is 18.2 Å². The third-order valence-corrected chi connectivity index (χ3v) is 2.35. The molecule has 0 aromatic heterocycles. The molecule has 0 N–H and O–H groups in total. The highest BCUT2D eigenvalue weighted by molar-refractivity contribution is 5.77. The van der Waals surface area contributed by atoms with Gasteiger partial charge in [-0.25, -0.2) is 0 Å². The SMILES string of the molecule is CCOCc1cccc(C=O)c1COCC. The van der Waals surface area contributed by atoms with Crippen LogP contribution in [0.25, 0.3) is 0 Å². The summed E-state index contributed by atoms with van der Waals surface area (Å²) in [7, 11) is 0. The number of benzene rings is 1. The van der Waals surface area contributed by atoms with Crippen LogP contribution in [0.3, 0.4) is 0 Å². The van der Waals surface area contributed by atoms with Crippen LogP contribution in [0.1, 0.15) is 35.3 Å². The molecule has 1 aromatic carbocycles. The van der Waals surface area contributed by atoms with Gasteiger partial charge in [0.05, 0.1) is 13.2 Å². The van der Waals surface area contributed by atoms with E-state index in [1.54, 1.807) is 6.07 Å². The van der Waals surface area contributed by atoms with Gasteiger partial charge in [0.2, 0.25) is 0 Å². The highest BCUT2D eigenvalue weighted by Gasteiger charge is 2.07. The molecule has 0 aliphatic heterocycles. The Labute approximate surface area is 96.4 Å². The van der Waals surface area contributed by atoms with Crippen LogP contribution in [0.15, 0.2) is 18.2 Å². The highest BCUT2D eigenvalue weighted by atomic mass is 16.5. The van der Waals surface area contributed by atoms with Crippen molar-refractivity contribution in [2.45, 2.75) is 27.1 Å². The molecule has 0 saturated heterocycles. The highest BCUT2D eigenvalue weighted by Crippen LogP contribution is 2.16. The van der Waals surface area contributed by atoms with Crippen molar-refractivity contribution < 1.29 is 14.3 Å². The Kier molecular flexibility index (Phi) is 5.75. The van der Waals surface area contributed by atoms with E-state index in [0.29, 0.717) is 32.0 Å². The molecule has 0 bridgehead atoms. The predicted octanol–water partition coefficient (Wildman–Crippen LogP) is 2.57. The molecule has 0 amide bonds. The number of rotatable bonds is 7. The predicted molar refractivity (Wildman–Crippen MR) is 62.5 cm³/mol. The lowest BCUT2D eigenvalue weighted by atomic mass is 10.0. The maximum Gasteiger partial charge on any atom is 0.150 e. The lowest BCUT2D eigenvalue weighted by molar-refractivity contribution is 0.109. The molecule has 1 rings (SSSR count). The summed E-state index contributed by atoms with van der Waals surface area (Å²) < 4.78 is 10.7. The van der Waals surface area contributed by atoms with Crippen LogP contribution >= 0.6 is 0 Å². The van der Waals surface area contributed by atoms with Gasteiger partial charge in [0.25, 0.3) is 0 Å². The zero-order valence-electron chi connectivity index (χ0n) is 9.86. The second-order valence-corrected chi connectivity index (χ2v) is 3.38. The molecule has 0 unspecified atom stereocenters. The number of ether oxygens (including phenoxy) is 2. The molecule has 0 radical (unpaired) electrons. The lowest BCUT2D eigenvalue weighted by Gasteiger charge is -2.11. The molecular weight excluding hydrogens is 204 g/mol. The van der Waals surface area contributed by atoms with Gasteiger partial charge < -0.3 is 9.47 Å². The molecule has 0 heterocycles. The lowest BCUT2D eigenvalue weighted by Crippen LogP contribution is -2.04. The van der Waals surface area contributed by atoms with E-state index in [4.69, 9.17) is 9.47 Å². The first-order chi connectivity index (χ1) is 7.83. The van der Waals surface area contributed by atoms with E-state index in [1.165, 1.54) is 0 Å². The fourth-order valence-electron chi connectivity index (χ4n) is 1.49. The minimum absolute atomic E-state index is 0.466. The first kappa shape index (κ1) is 12.9. The first-order valence-corrected chi connectivity index (χ1v) is 5.54. The Morgan fingerprint density at radius 3 is 2.44 bits per heavy atom. The second kappa shape index (κ2) is 7.14. The van der Waals surface area contributed by atoms with E-state index < -0.39 is 0 Å². The summed E-state index contributed by atoms with van der Waals surface area (Å²) in [4.78, 5) is 10.9. The molecule has 0 atom stereocenters. The zero-order valence-corrected chi connectivity index (χ0v) is 9.86. The van der Waals surface area contributed by atoms with Crippen LogP contribution in [0.5, 0.6) is 0 Å². The van der Waals surface area contributed by atoms with E-state index in [9.17, 15) is 4.79 Å². The summed E-state index contributed by atoms with van der Waals surface area (Å²) in [5.74, 6) is 0. The summed E-state index contributed by atoms with van der Waals surface area (Å²) in [6.45, 7) is 6.19. The van der Waals surface area contributed by atoms with E-state index in [-0.39, 0.29) is 0 Å². The minimum atomic E-state index is 0.466. The Balaban J connectivity index is 2.90. The van der Waals surface area contributed by atoms with Crippen molar-refractivity contribution >= 4 is 6.29 Å². The Morgan fingerprint density at radius 2 is 1.81 bits per heavy atom. The number of carbonyl (C=O) groups excluding carboxylic acids is 1. The first-order valence-electron chi connectivity index (χ1n) is 5.54. The van der Waals surface area contributed by atoms with Crippen LogP contribution in [-0.2, 0) is 22.7 Å². The smallest absolute Gasteiger partial charge is 0.150 e. The van der Waals surface area contributed by atoms with Gasteiger partial charge >= 0.3 is 0 Å².